The van der Waals surface area contributed by atoms with E-state index in [1.165, 1.54) is 0 Å². The lowest BCUT2D eigenvalue weighted by Gasteiger charge is -2.48. The van der Waals surface area contributed by atoms with Crippen LogP contribution in [0, 0.1) is 0 Å². The van der Waals surface area contributed by atoms with Crippen molar-refractivity contribution in [2.45, 2.75) is 89.4 Å². The minimum atomic E-state index is -0.966. The van der Waals surface area contributed by atoms with Crippen molar-refractivity contribution >= 4 is 0 Å². The van der Waals surface area contributed by atoms with Crippen molar-refractivity contribution in [3.05, 3.63) is 0 Å². The first-order valence-corrected chi connectivity index (χ1v) is 7.63. The number of hydrogen-bond donors (Lipinski definition) is 1. The molecule has 0 bridgehead atoms. The van der Waals surface area contributed by atoms with E-state index in [-0.39, 0.29) is 12.2 Å². The molecular formula is C15H28O5. The van der Waals surface area contributed by atoms with Crippen molar-refractivity contribution in [3.63, 3.8) is 0 Å². The smallest absolute Gasteiger partial charge is 0.184 e. The van der Waals surface area contributed by atoms with Gasteiger partial charge in [0.05, 0.1) is 0 Å². The largest absolute Gasteiger partial charge is 0.376 e. The van der Waals surface area contributed by atoms with E-state index in [4.69, 9.17) is 18.9 Å². The van der Waals surface area contributed by atoms with Gasteiger partial charge in [0.15, 0.2) is 12.1 Å². The number of hydrogen-bond acceptors (Lipinski definition) is 5. The van der Waals surface area contributed by atoms with Gasteiger partial charge in [0.1, 0.15) is 23.9 Å². The van der Waals surface area contributed by atoms with Gasteiger partial charge in [-0.3, -0.25) is 0 Å². The molecule has 5 nitrogen and oxygen atoms in total. The third kappa shape index (κ3) is 2.74. The van der Waals surface area contributed by atoms with E-state index in [2.05, 4.69) is 13.8 Å². The molecule has 0 aliphatic carbocycles. The summed E-state index contributed by atoms with van der Waals surface area (Å²) in [7, 11) is 1.68. The average molecular weight is 288 g/mol. The molecule has 2 aliphatic heterocycles. The molecule has 0 saturated carbocycles. The fourth-order valence-corrected chi connectivity index (χ4v) is 3.67. The topological polar surface area (TPSA) is 57.2 Å². The highest BCUT2D eigenvalue weighted by Crippen LogP contribution is 2.45. The van der Waals surface area contributed by atoms with Gasteiger partial charge in [-0.25, -0.2) is 0 Å². The van der Waals surface area contributed by atoms with Gasteiger partial charge in [0.25, 0.3) is 0 Å². The Kier molecular flexibility index (Phi) is 4.76. The van der Waals surface area contributed by atoms with Crippen LogP contribution in [-0.4, -0.2) is 48.2 Å². The zero-order valence-electron chi connectivity index (χ0n) is 13.2. The number of aliphatic hydroxyl groups excluding tert-OH is 1. The lowest BCUT2D eigenvalue weighted by molar-refractivity contribution is -0.307. The quantitative estimate of drug-likeness (QED) is 0.840. The van der Waals surface area contributed by atoms with Crippen molar-refractivity contribution in [1.82, 2.24) is 0 Å². The summed E-state index contributed by atoms with van der Waals surface area (Å²) < 4.78 is 23.5. The Morgan fingerprint density at radius 3 is 2.05 bits per heavy atom. The molecule has 1 N–H and O–H groups in total. The highest BCUT2D eigenvalue weighted by Gasteiger charge is 2.60. The van der Waals surface area contributed by atoms with Gasteiger partial charge in [0.2, 0.25) is 0 Å². The molecule has 0 amide bonds. The molecule has 118 valence electrons. The second-order valence-electron chi connectivity index (χ2n) is 6.29. The summed E-state index contributed by atoms with van der Waals surface area (Å²) >= 11 is 0. The van der Waals surface area contributed by atoms with Crippen LogP contribution in [0.25, 0.3) is 0 Å². The first kappa shape index (κ1) is 16.2. The zero-order chi connectivity index (χ0) is 15.0. The summed E-state index contributed by atoms with van der Waals surface area (Å²) in [4.78, 5) is 0. The van der Waals surface area contributed by atoms with Crippen LogP contribution < -0.4 is 0 Å². The maximum absolute atomic E-state index is 10.3. The molecule has 0 radical (unpaired) electrons. The molecule has 0 aromatic carbocycles. The molecule has 2 heterocycles. The number of rotatable bonds is 5. The predicted octanol–water partition coefficient (Wildman–Crippen LogP) is 2.21. The molecule has 2 saturated heterocycles. The predicted molar refractivity (Wildman–Crippen MR) is 74.3 cm³/mol. The number of ether oxygens (including phenoxy) is 4. The molecule has 4 atom stereocenters. The molecule has 1 unspecified atom stereocenters. The molecule has 2 fully saturated rings. The summed E-state index contributed by atoms with van der Waals surface area (Å²) in [6.45, 7) is 7.93. The van der Waals surface area contributed by atoms with E-state index in [0.717, 1.165) is 25.7 Å². The molecule has 0 aromatic heterocycles. The Morgan fingerprint density at radius 2 is 1.55 bits per heavy atom. The van der Waals surface area contributed by atoms with Crippen LogP contribution in [0.15, 0.2) is 0 Å². The zero-order valence-corrected chi connectivity index (χ0v) is 13.2. The third-order valence-corrected chi connectivity index (χ3v) is 4.22. The van der Waals surface area contributed by atoms with Gasteiger partial charge in [-0.05, 0) is 26.7 Å². The molecule has 0 spiro atoms. The normalized spacial score (nSPS) is 38.7. The molecule has 5 heteroatoms. The summed E-state index contributed by atoms with van der Waals surface area (Å²) in [5.41, 5.74) is -0.497. The lowest BCUT2D eigenvalue weighted by atomic mass is 9.80. The summed E-state index contributed by atoms with van der Waals surface area (Å²) in [5.74, 6) is -0.717. The minimum absolute atomic E-state index is 0.224. The van der Waals surface area contributed by atoms with E-state index in [1.807, 2.05) is 13.8 Å². The lowest BCUT2D eigenvalue weighted by Crippen LogP contribution is -2.63. The van der Waals surface area contributed by atoms with Gasteiger partial charge in [-0.1, -0.05) is 26.7 Å². The van der Waals surface area contributed by atoms with Gasteiger partial charge >= 0.3 is 0 Å². The van der Waals surface area contributed by atoms with E-state index >= 15 is 0 Å². The fourth-order valence-electron chi connectivity index (χ4n) is 3.67. The Morgan fingerprint density at radius 1 is 1.00 bits per heavy atom. The fraction of sp³-hybridized carbons (Fsp3) is 1.00. The monoisotopic (exact) mass is 288 g/mol. The summed E-state index contributed by atoms with van der Waals surface area (Å²) in [6, 6.07) is 0. The highest BCUT2D eigenvalue weighted by molar-refractivity contribution is 5.04. The van der Waals surface area contributed by atoms with Crippen LogP contribution in [-0.2, 0) is 18.9 Å². The van der Waals surface area contributed by atoms with Crippen molar-refractivity contribution < 1.29 is 24.1 Å². The second-order valence-corrected chi connectivity index (χ2v) is 6.29. The van der Waals surface area contributed by atoms with E-state index in [0.29, 0.717) is 0 Å². The number of methoxy groups -OCH3 is 1. The van der Waals surface area contributed by atoms with Crippen molar-refractivity contribution in [3.8, 4) is 0 Å². The van der Waals surface area contributed by atoms with Crippen molar-refractivity contribution in [2.75, 3.05) is 7.11 Å². The van der Waals surface area contributed by atoms with Gasteiger partial charge in [-0.15, -0.1) is 0 Å². The van der Waals surface area contributed by atoms with E-state index < -0.39 is 23.8 Å². The average Bonchev–Trinajstić information content (AvgIpc) is 2.66. The summed E-state index contributed by atoms with van der Waals surface area (Å²) in [6.07, 6.45) is 1.63. The van der Waals surface area contributed by atoms with Crippen molar-refractivity contribution in [2.24, 2.45) is 0 Å². The van der Waals surface area contributed by atoms with Crippen LogP contribution >= 0.6 is 0 Å². The third-order valence-electron chi connectivity index (χ3n) is 4.22. The highest BCUT2D eigenvalue weighted by atomic mass is 16.8. The molecule has 20 heavy (non-hydrogen) atoms. The SMILES string of the molecule is CCCC1(CCC)OC(O)[C@@H]2OC(C)(C)O[C@@H]2[C@H]1OC. The molecular weight excluding hydrogens is 260 g/mol. The summed E-state index contributed by atoms with van der Waals surface area (Å²) in [5, 5.41) is 10.3. The van der Waals surface area contributed by atoms with Crippen molar-refractivity contribution in [1.29, 1.82) is 0 Å². The van der Waals surface area contributed by atoms with Crippen LogP contribution in [0.4, 0.5) is 0 Å². The van der Waals surface area contributed by atoms with Crippen LogP contribution in [0.1, 0.15) is 53.4 Å². The van der Waals surface area contributed by atoms with Crippen LogP contribution in [0.2, 0.25) is 0 Å². The number of fused-ring (bicyclic) bond motifs is 1. The van der Waals surface area contributed by atoms with Crippen LogP contribution in [0.5, 0.6) is 0 Å². The maximum atomic E-state index is 10.3. The van der Waals surface area contributed by atoms with Gasteiger partial charge in [0, 0.05) is 7.11 Å². The maximum Gasteiger partial charge on any atom is 0.184 e. The first-order valence-electron chi connectivity index (χ1n) is 7.63. The van der Waals surface area contributed by atoms with Gasteiger partial charge in [-0.2, -0.15) is 0 Å². The van der Waals surface area contributed by atoms with Crippen LogP contribution in [0.3, 0.4) is 0 Å². The molecule has 2 aliphatic rings. The first-order chi connectivity index (χ1) is 9.39. The molecule has 0 aromatic rings. The Hall–Kier alpha value is -0.200. The van der Waals surface area contributed by atoms with Gasteiger partial charge < -0.3 is 24.1 Å². The van der Waals surface area contributed by atoms with E-state index in [9.17, 15) is 5.11 Å². The standard InChI is InChI=1S/C15H28O5/c1-6-8-15(9-7-2)12(17-5)10-11(13(16)20-15)19-14(3,4)18-10/h10-13,16H,6-9H2,1-5H3/t10-,11+,12+,13?/m0/s1. The van der Waals surface area contributed by atoms with E-state index in [1.54, 1.807) is 7.11 Å². The number of aliphatic hydroxyl groups is 1. The molecule has 2 rings (SSSR count). The Labute approximate surface area is 121 Å². The Balaban J connectivity index is 2.31. The Bertz CT molecular complexity index is 324. The second kappa shape index (κ2) is 5.89. The minimum Gasteiger partial charge on any atom is -0.376 e.